The van der Waals surface area contributed by atoms with Crippen LogP contribution in [-0.2, 0) is 15.0 Å². The molecule has 138 valence electrons. The Morgan fingerprint density at radius 1 is 1.04 bits per heavy atom. The Balaban J connectivity index is 2.12. The fourth-order valence-electron chi connectivity index (χ4n) is 3.48. The van der Waals surface area contributed by atoms with Gasteiger partial charge in [-0.3, -0.25) is 9.59 Å². The van der Waals surface area contributed by atoms with Crippen LogP contribution in [0.3, 0.4) is 0 Å². The van der Waals surface area contributed by atoms with Crippen molar-refractivity contribution in [3.05, 3.63) is 29.8 Å². The molecule has 1 aromatic rings. The molecule has 0 unspecified atom stereocenters. The number of carbonyl (C=O) groups is 2. The van der Waals surface area contributed by atoms with Gasteiger partial charge in [0.2, 0.25) is 11.8 Å². The zero-order valence-electron chi connectivity index (χ0n) is 16.2. The summed E-state index contributed by atoms with van der Waals surface area (Å²) in [6.07, 6.45) is 4.99. The molecule has 0 atom stereocenters. The van der Waals surface area contributed by atoms with Gasteiger partial charge in [0.25, 0.3) is 0 Å². The second kappa shape index (κ2) is 8.50. The lowest BCUT2D eigenvalue weighted by molar-refractivity contribution is -0.131. The van der Waals surface area contributed by atoms with Crippen molar-refractivity contribution in [3.63, 3.8) is 0 Å². The van der Waals surface area contributed by atoms with Gasteiger partial charge < -0.3 is 9.80 Å². The van der Waals surface area contributed by atoms with Gasteiger partial charge in [-0.2, -0.15) is 0 Å². The fourth-order valence-corrected chi connectivity index (χ4v) is 3.48. The van der Waals surface area contributed by atoms with Gasteiger partial charge in [0.05, 0.1) is 0 Å². The highest BCUT2D eigenvalue weighted by molar-refractivity contribution is 5.93. The quantitative estimate of drug-likeness (QED) is 0.824. The predicted octanol–water partition coefficient (Wildman–Crippen LogP) is 4.13. The van der Waals surface area contributed by atoms with Crippen molar-refractivity contribution in [2.75, 3.05) is 24.5 Å². The van der Waals surface area contributed by atoms with E-state index in [9.17, 15) is 9.59 Å². The molecule has 0 radical (unpaired) electrons. The van der Waals surface area contributed by atoms with Gasteiger partial charge in [-0.25, -0.2) is 0 Å². The Hall–Kier alpha value is -1.84. The summed E-state index contributed by atoms with van der Waals surface area (Å²) >= 11 is 0. The highest BCUT2D eigenvalue weighted by atomic mass is 16.2. The number of anilines is 1. The van der Waals surface area contributed by atoms with Crippen molar-refractivity contribution in [1.29, 1.82) is 0 Å². The largest absolute Gasteiger partial charge is 0.343 e. The van der Waals surface area contributed by atoms with Crippen molar-refractivity contribution in [2.24, 2.45) is 0 Å². The van der Waals surface area contributed by atoms with Crippen LogP contribution in [-0.4, -0.2) is 36.3 Å². The normalized spacial score (nSPS) is 15.6. The van der Waals surface area contributed by atoms with Gasteiger partial charge in [0.15, 0.2) is 0 Å². The summed E-state index contributed by atoms with van der Waals surface area (Å²) in [5, 5.41) is 0. The predicted molar refractivity (Wildman–Crippen MR) is 103 cm³/mol. The molecule has 1 aliphatic heterocycles. The lowest BCUT2D eigenvalue weighted by Crippen LogP contribution is -2.37. The Labute approximate surface area is 152 Å². The molecule has 0 aliphatic carbocycles. The van der Waals surface area contributed by atoms with Crippen LogP contribution in [0.15, 0.2) is 24.3 Å². The summed E-state index contributed by atoms with van der Waals surface area (Å²) in [7, 11) is 0. The maximum absolute atomic E-state index is 12.6. The Bertz CT molecular complexity index is 596. The number of nitrogens with zero attached hydrogens (tertiary/aromatic N) is 2. The Morgan fingerprint density at radius 2 is 1.64 bits per heavy atom. The van der Waals surface area contributed by atoms with E-state index in [-0.39, 0.29) is 17.2 Å². The van der Waals surface area contributed by atoms with Crippen LogP contribution in [0, 0.1) is 0 Å². The topological polar surface area (TPSA) is 40.6 Å². The molecular weight excluding hydrogens is 312 g/mol. The molecule has 1 saturated heterocycles. The molecule has 0 N–H and O–H groups in total. The Kier molecular flexibility index (Phi) is 6.63. The smallest absolute Gasteiger partial charge is 0.224 e. The SMILES string of the molecule is CC(=O)N(CCC(=O)N1CCCCCC1)c1ccccc1C(C)(C)C. The lowest BCUT2D eigenvalue weighted by atomic mass is 9.85. The van der Waals surface area contributed by atoms with E-state index in [0.717, 1.165) is 37.2 Å². The summed E-state index contributed by atoms with van der Waals surface area (Å²) in [6, 6.07) is 8.02. The molecule has 1 fully saturated rings. The third-order valence-corrected chi connectivity index (χ3v) is 4.89. The first-order valence-corrected chi connectivity index (χ1v) is 9.46. The monoisotopic (exact) mass is 344 g/mol. The number of hydrogen-bond acceptors (Lipinski definition) is 2. The standard InChI is InChI=1S/C21H32N2O2/c1-17(24)23(19-12-8-7-11-18(19)21(2,3)4)16-13-20(25)22-14-9-5-6-10-15-22/h7-8,11-12H,5-6,9-10,13-16H2,1-4H3. The van der Waals surface area contributed by atoms with Crippen molar-refractivity contribution in [3.8, 4) is 0 Å². The highest BCUT2D eigenvalue weighted by Gasteiger charge is 2.24. The van der Waals surface area contributed by atoms with Crippen LogP contribution >= 0.6 is 0 Å². The number of para-hydroxylation sites is 1. The molecule has 4 heteroatoms. The van der Waals surface area contributed by atoms with Gasteiger partial charge >= 0.3 is 0 Å². The highest BCUT2D eigenvalue weighted by Crippen LogP contribution is 2.32. The molecule has 2 amide bonds. The van der Waals surface area contributed by atoms with Crippen LogP contribution < -0.4 is 4.90 Å². The van der Waals surface area contributed by atoms with Crippen molar-refractivity contribution < 1.29 is 9.59 Å². The van der Waals surface area contributed by atoms with Crippen LogP contribution in [0.5, 0.6) is 0 Å². The molecule has 4 nitrogen and oxygen atoms in total. The molecule has 1 aliphatic rings. The summed E-state index contributed by atoms with van der Waals surface area (Å²) in [5.41, 5.74) is 2.00. The second-order valence-corrected chi connectivity index (χ2v) is 7.98. The summed E-state index contributed by atoms with van der Waals surface area (Å²) < 4.78 is 0. The van der Waals surface area contributed by atoms with Crippen LogP contribution in [0.2, 0.25) is 0 Å². The summed E-state index contributed by atoms with van der Waals surface area (Å²) in [5.74, 6) is 0.154. The van der Waals surface area contributed by atoms with Gasteiger partial charge in [-0.05, 0) is 29.9 Å². The zero-order chi connectivity index (χ0) is 18.4. The number of benzene rings is 1. The number of rotatable bonds is 4. The molecule has 0 saturated carbocycles. The Morgan fingerprint density at radius 3 is 2.20 bits per heavy atom. The van der Waals surface area contributed by atoms with Crippen LogP contribution in [0.25, 0.3) is 0 Å². The minimum absolute atomic E-state index is 0.0135. The van der Waals surface area contributed by atoms with E-state index in [1.54, 1.807) is 11.8 Å². The first-order chi connectivity index (χ1) is 11.8. The van der Waals surface area contributed by atoms with E-state index in [2.05, 4.69) is 26.8 Å². The van der Waals surface area contributed by atoms with Crippen molar-refractivity contribution in [2.45, 2.75) is 65.2 Å². The van der Waals surface area contributed by atoms with Gasteiger partial charge in [0.1, 0.15) is 0 Å². The lowest BCUT2D eigenvalue weighted by Gasteiger charge is -2.30. The molecule has 1 aromatic carbocycles. The number of carbonyl (C=O) groups excluding carboxylic acids is 2. The number of likely N-dealkylation sites (tertiary alicyclic amines) is 1. The van der Waals surface area contributed by atoms with Gasteiger partial charge in [-0.15, -0.1) is 0 Å². The number of hydrogen-bond donors (Lipinski definition) is 0. The average Bonchev–Trinajstić information content (AvgIpc) is 2.83. The molecule has 2 rings (SSSR count). The van der Waals surface area contributed by atoms with Crippen molar-refractivity contribution >= 4 is 17.5 Å². The van der Waals surface area contributed by atoms with Crippen LogP contribution in [0.1, 0.15) is 65.4 Å². The average molecular weight is 344 g/mol. The minimum Gasteiger partial charge on any atom is -0.343 e. The van der Waals surface area contributed by atoms with E-state index in [1.807, 2.05) is 23.1 Å². The molecule has 0 aromatic heterocycles. The second-order valence-electron chi connectivity index (χ2n) is 7.98. The van der Waals surface area contributed by atoms with E-state index >= 15 is 0 Å². The first-order valence-electron chi connectivity index (χ1n) is 9.46. The molecule has 0 spiro atoms. The number of amides is 2. The maximum Gasteiger partial charge on any atom is 0.224 e. The van der Waals surface area contributed by atoms with Crippen LogP contribution in [0.4, 0.5) is 5.69 Å². The summed E-state index contributed by atoms with van der Waals surface area (Å²) in [4.78, 5) is 28.6. The van der Waals surface area contributed by atoms with Crippen molar-refractivity contribution in [1.82, 2.24) is 4.90 Å². The van der Waals surface area contributed by atoms with E-state index < -0.39 is 0 Å². The molecule has 1 heterocycles. The van der Waals surface area contributed by atoms with Gasteiger partial charge in [-0.1, -0.05) is 51.8 Å². The minimum atomic E-state index is -0.0565. The van der Waals surface area contributed by atoms with Gasteiger partial charge in [0, 0.05) is 38.7 Å². The third kappa shape index (κ3) is 5.32. The molecule has 0 bridgehead atoms. The first kappa shape index (κ1) is 19.5. The third-order valence-electron chi connectivity index (χ3n) is 4.89. The van der Waals surface area contributed by atoms with E-state index in [1.165, 1.54) is 12.8 Å². The molecule has 25 heavy (non-hydrogen) atoms. The molecular formula is C21H32N2O2. The van der Waals surface area contributed by atoms with E-state index in [4.69, 9.17) is 0 Å². The summed E-state index contributed by atoms with van der Waals surface area (Å²) in [6.45, 7) is 10.2. The zero-order valence-corrected chi connectivity index (χ0v) is 16.2. The fraction of sp³-hybridized carbons (Fsp3) is 0.619. The maximum atomic E-state index is 12.6. The van der Waals surface area contributed by atoms with E-state index in [0.29, 0.717) is 13.0 Å².